The molecule has 0 aliphatic heterocycles. The second-order valence-corrected chi connectivity index (χ2v) is 5.74. The highest BCUT2D eigenvalue weighted by Crippen LogP contribution is 2.43. The Morgan fingerprint density at radius 3 is 2.75 bits per heavy atom. The summed E-state index contributed by atoms with van der Waals surface area (Å²) in [5, 5.41) is 3.35. The lowest BCUT2D eigenvalue weighted by Gasteiger charge is -2.37. The summed E-state index contributed by atoms with van der Waals surface area (Å²) in [5.74, 6) is 1.66. The van der Waals surface area contributed by atoms with Crippen molar-refractivity contribution in [1.29, 1.82) is 0 Å². The fraction of sp³-hybridized carbons (Fsp3) is 0.647. The number of methoxy groups -OCH3 is 1. The molecule has 0 bridgehead atoms. The smallest absolute Gasteiger partial charge is 0.131 e. The zero-order valence-corrected chi connectivity index (χ0v) is 12.8. The Morgan fingerprint density at radius 1 is 1.35 bits per heavy atom. The number of hydrogen-bond donors (Lipinski definition) is 1. The summed E-state index contributed by atoms with van der Waals surface area (Å²) in [6.07, 6.45) is 6.15. The fourth-order valence-electron chi connectivity index (χ4n) is 3.75. The minimum atomic E-state index is -0.163. The highest BCUT2D eigenvalue weighted by atomic mass is 19.1. The molecule has 112 valence electrons. The molecule has 1 aliphatic carbocycles. The molecule has 0 spiro atoms. The van der Waals surface area contributed by atoms with Crippen LogP contribution < -0.4 is 10.1 Å². The molecule has 0 radical (unpaired) electrons. The maximum atomic E-state index is 14.3. The van der Waals surface area contributed by atoms with Gasteiger partial charge in [0.05, 0.1) is 7.11 Å². The third-order valence-corrected chi connectivity index (χ3v) is 4.78. The Balaban J connectivity index is 2.36. The van der Waals surface area contributed by atoms with Gasteiger partial charge in [-0.15, -0.1) is 0 Å². The molecule has 3 atom stereocenters. The van der Waals surface area contributed by atoms with Crippen LogP contribution in [-0.2, 0) is 0 Å². The molecule has 1 fully saturated rings. The monoisotopic (exact) mass is 279 g/mol. The molecular weight excluding hydrogens is 253 g/mol. The predicted molar refractivity (Wildman–Crippen MR) is 80.5 cm³/mol. The Kier molecular flexibility index (Phi) is 5.41. The molecule has 2 nitrogen and oxygen atoms in total. The van der Waals surface area contributed by atoms with E-state index in [-0.39, 0.29) is 11.9 Å². The van der Waals surface area contributed by atoms with Crippen molar-refractivity contribution >= 4 is 0 Å². The van der Waals surface area contributed by atoms with Crippen LogP contribution in [0.25, 0.3) is 0 Å². The van der Waals surface area contributed by atoms with Crippen LogP contribution in [0.5, 0.6) is 5.75 Å². The molecule has 3 unspecified atom stereocenters. The number of halogens is 1. The van der Waals surface area contributed by atoms with Crippen LogP contribution in [0.3, 0.4) is 0 Å². The SMILES string of the molecule is CCC1CCCCC1C(NC)c1c(F)cccc1OC. The molecule has 3 heteroatoms. The van der Waals surface area contributed by atoms with Crippen LogP contribution in [0, 0.1) is 17.7 Å². The summed E-state index contributed by atoms with van der Waals surface area (Å²) >= 11 is 0. The van der Waals surface area contributed by atoms with E-state index in [0.29, 0.717) is 23.1 Å². The molecule has 20 heavy (non-hydrogen) atoms. The summed E-state index contributed by atoms with van der Waals surface area (Å²) in [6.45, 7) is 2.24. The van der Waals surface area contributed by atoms with Crippen molar-refractivity contribution in [2.75, 3.05) is 14.2 Å². The first-order chi connectivity index (χ1) is 9.72. The number of ether oxygens (including phenoxy) is 1. The average Bonchev–Trinajstić information content (AvgIpc) is 2.50. The van der Waals surface area contributed by atoms with Crippen LogP contribution in [0.1, 0.15) is 50.6 Å². The Hall–Kier alpha value is -1.09. The number of benzene rings is 1. The largest absolute Gasteiger partial charge is 0.496 e. The Morgan fingerprint density at radius 2 is 2.10 bits per heavy atom. The molecular formula is C17H26FNO. The van der Waals surface area contributed by atoms with Crippen molar-refractivity contribution in [2.24, 2.45) is 11.8 Å². The van der Waals surface area contributed by atoms with Crippen molar-refractivity contribution in [1.82, 2.24) is 5.32 Å². The van der Waals surface area contributed by atoms with Crippen molar-refractivity contribution < 1.29 is 9.13 Å². The van der Waals surface area contributed by atoms with Gasteiger partial charge in [-0.3, -0.25) is 0 Å². The second kappa shape index (κ2) is 7.07. The van der Waals surface area contributed by atoms with Crippen molar-refractivity contribution in [3.8, 4) is 5.75 Å². The van der Waals surface area contributed by atoms with Gasteiger partial charge < -0.3 is 10.1 Å². The third kappa shape index (κ3) is 2.98. The van der Waals surface area contributed by atoms with Crippen molar-refractivity contribution in [2.45, 2.75) is 45.1 Å². The van der Waals surface area contributed by atoms with E-state index in [1.165, 1.54) is 38.2 Å². The van der Waals surface area contributed by atoms with E-state index in [1.54, 1.807) is 13.2 Å². The van der Waals surface area contributed by atoms with Gasteiger partial charge in [0.25, 0.3) is 0 Å². The molecule has 1 aromatic carbocycles. The van der Waals surface area contributed by atoms with Gasteiger partial charge in [-0.1, -0.05) is 38.7 Å². The molecule has 1 N–H and O–H groups in total. The zero-order chi connectivity index (χ0) is 14.5. The Bertz CT molecular complexity index is 435. The molecule has 0 amide bonds. The van der Waals surface area contributed by atoms with Crippen LogP contribution in [0.15, 0.2) is 18.2 Å². The van der Waals surface area contributed by atoms with Gasteiger partial charge >= 0.3 is 0 Å². The summed E-state index contributed by atoms with van der Waals surface area (Å²) in [4.78, 5) is 0. The molecule has 0 saturated heterocycles. The first-order valence-corrected chi connectivity index (χ1v) is 7.72. The van der Waals surface area contributed by atoms with Crippen LogP contribution in [-0.4, -0.2) is 14.2 Å². The topological polar surface area (TPSA) is 21.3 Å². The van der Waals surface area contributed by atoms with E-state index in [4.69, 9.17) is 4.74 Å². The van der Waals surface area contributed by atoms with Gasteiger partial charge in [0.1, 0.15) is 11.6 Å². The van der Waals surface area contributed by atoms with E-state index in [9.17, 15) is 4.39 Å². The van der Waals surface area contributed by atoms with Gasteiger partial charge in [-0.05, 0) is 37.4 Å². The van der Waals surface area contributed by atoms with E-state index in [2.05, 4.69) is 12.2 Å². The molecule has 1 saturated carbocycles. The van der Waals surface area contributed by atoms with Gasteiger partial charge in [-0.25, -0.2) is 4.39 Å². The van der Waals surface area contributed by atoms with Gasteiger partial charge in [0.2, 0.25) is 0 Å². The minimum absolute atomic E-state index is 0.0383. The third-order valence-electron chi connectivity index (χ3n) is 4.78. The lowest BCUT2D eigenvalue weighted by molar-refractivity contribution is 0.176. The maximum absolute atomic E-state index is 14.3. The predicted octanol–water partition coefficient (Wildman–Crippen LogP) is 4.31. The fourth-order valence-corrected chi connectivity index (χ4v) is 3.75. The van der Waals surface area contributed by atoms with Crippen LogP contribution >= 0.6 is 0 Å². The first-order valence-electron chi connectivity index (χ1n) is 7.72. The maximum Gasteiger partial charge on any atom is 0.131 e. The highest BCUT2D eigenvalue weighted by molar-refractivity contribution is 5.37. The molecule has 2 rings (SSSR count). The average molecular weight is 279 g/mol. The van der Waals surface area contributed by atoms with Gasteiger partial charge in [-0.2, -0.15) is 0 Å². The van der Waals surface area contributed by atoms with Crippen molar-refractivity contribution in [3.05, 3.63) is 29.6 Å². The van der Waals surface area contributed by atoms with Crippen LogP contribution in [0.2, 0.25) is 0 Å². The standard InChI is InChI=1S/C17H26FNO/c1-4-12-8-5-6-9-13(12)17(19-2)16-14(18)10-7-11-15(16)20-3/h7,10-13,17,19H,4-6,8-9H2,1-3H3. The van der Waals surface area contributed by atoms with Crippen molar-refractivity contribution in [3.63, 3.8) is 0 Å². The second-order valence-electron chi connectivity index (χ2n) is 5.74. The summed E-state index contributed by atoms with van der Waals surface area (Å²) in [7, 11) is 3.54. The van der Waals surface area contributed by atoms with E-state index < -0.39 is 0 Å². The molecule has 0 aromatic heterocycles. The van der Waals surface area contributed by atoms with E-state index >= 15 is 0 Å². The molecule has 1 aromatic rings. The normalized spacial score (nSPS) is 24.4. The summed E-state index contributed by atoms with van der Waals surface area (Å²) in [6, 6.07) is 5.14. The number of nitrogens with one attached hydrogen (secondary N) is 1. The number of hydrogen-bond acceptors (Lipinski definition) is 2. The van der Waals surface area contributed by atoms with E-state index in [1.807, 2.05) is 13.1 Å². The van der Waals surface area contributed by atoms with E-state index in [0.717, 1.165) is 0 Å². The lowest BCUT2D eigenvalue weighted by Crippen LogP contribution is -2.33. The van der Waals surface area contributed by atoms with Gasteiger partial charge in [0.15, 0.2) is 0 Å². The Labute approximate surface area is 121 Å². The number of rotatable bonds is 5. The molecule has 0 heterocycles. The van der Waals surface area contributed by atoms with Crippen LogP contribution in [0.4, 0.5) is 4.39 Å². The summed E-state index contributed by atoms with van der Waals surface area (Å²) in [5.41, 5.74) is 0.697. The minimum Gasteiger partial charge on any atom is -0.496 e. The highest BCUT2D eigenvalue weighted by Gasteiger charge is 2.33. The lowest BCUT2D eigenvalue weighted by atomic mass is 9.72. The summed E-state index contributed by atoms with van der Waals surface area (Å²) < 4.78 is 19.7. The zero-order valence-electron chi connectivity index (χ0n) is 12.8. The quantitative estimate of drug-likeness (QED) is 0.867. The van der Waals surface area contributed by atoms with Gasteiger partial charge in [0, 0.05) is 11.6 Å². The molecule has 1 aliphatic rings. The first kappa shape index (κ1) is 15.3.